The summed E-state index contributed by atoms with van der Waals surface area (Å²) in [6.07, 6.45) is -7.72. The molecule has 0 aliphatic carbocycles. The summed E-state index contributed by atoms with van der Waals surface area (Å²) in [7, 11) is 0. The Labute approximate surface area is 252 Å². The van der Waals surface area contributed by atoms with E-state index in [-0.39, 0.29) is 22.3 Å². The van der Waals surface area contributed by atoms with E-state index in [4.69, 9.17) is 23.7 Å². The third-order valence-corrected chi connectivity index (χ3v) is 6.76. The van der Waals surface area contributed by atoms with Gasteiger partial charge in [-0.2, -0.15) is 0 Å². The first kappa shape index (κ1) is 30.1. The Balaban J connectivity index is 1.54. The zero-order valence-electron chi connectivity index (χ0n) is 23.3. The number of carbonyl (C=O) groups excluding carboxylic acids is 4. The van der Waals surface area contributed by atoms with Gasteiger partial charge < -0.3 is 28.8 Å². The van der Waals surface area contributed by atoms with Crippen LogP contribution in [0.1, 0.15) is 41.4 Å². The summed E-state index contributed by atoms with van der Waals surface area (Å²) in [4.78, 5) is 52.9. The lowest BCUT2D eigenvalue weighted by Crippen LogP contribution is -2.63. The van der Waals surface area contributed by atoms with Gasteiger partial charge in [-0.3, -0.25) is 0 Å². The van der Waals surface area contributed by atoms with Crippen LogP contribution in [0.2, 0.25) is 0 Å². The van der Waals surface area contributed by atoms with Crippen LogP contribution in [0.25, 0.3) is 0 Å². The van der Waals surface area contributed by atoms with E-state index in [0.717, 1.165) is 0 Å². The molecule has 0 spiro atoms. The van der Waals surface area contributed by atoms with Gasteiger partial charge in [0.25, 0.3) is 0 Å². The molecule has 10 heteroatoms. The summed E-state index contributed by atoms with van der Waals surface area (Å²) in [5.74, 6) is -3.34. The lowest BCUT2D eigenvalue weighted by Gasteiger charge is -2.43. The van der Waals surface area contributed by atoms with Crippen LogP contribution in [0.4, 0.5) is 0 Å². The smallest absolute Gasteiger partial charge is 0.340 e. The minimum Gasteiger partial charge on any atom is -0.452 e. The largest absolute Gasteiger partial charge is 0.452 e. The fraction of sp³-hybridized carbons (Fsp3) is 0.176. The molecule has 1 heterocycles. The SMILES string of the molecule is O=C(O[C@@H]1O[C@H](CO)[C@@H](OC(=O)c2ccccc2)[C@H](OC(=O)c2ccccc2)[C@H]1OC(=O)c1ccccc1)c1ccccc1. The molecule has 0 amide bonds. The maximum absolute atomic E-state index is 13.3. The van der Waals surface area contributed by atoms with Crippen LogP contribution in [-0.2, 0) is 23.7 Å². The molecule has 224 valence electrons. The quantitative estimate of drug-likeness (QED) is 0.221. The topological polar surface area (TPSA) is 135 Å². The summed E-state index contributed by atoms with van der Waals surface area (Å²) in [5, 5.41) is 10.3. The van der Waals surface area contributed by atoms with E-state index in [2.05, 4.69) is 0 Å². The van der Waals surface area contributed by atoms with Gasteiger partial charge in [0.2, 0.25) is 12.4 Å². The number of aliphatic hydroxyl groups excluding tert-OH is 1. The Morgan fingerprint density at radius 1 is 0.477 bits per heavy atom. The van der Waals surface area contributed by atoms with Gasteiger partial charge >= 0.3 is 23.9 Å². The number of hydrogen-bond donors (Lipinski definition) is 1. The van der Waals surface area contributed by atoms with Crippen LogP contribution in [-0.4, -0.2) is 66.3 Å². The zero-order chi connectivity index (χ0) is 30.9. The van der Waals surface area contributed by atoms with Crippen molar-refractivity contribution in [3.63, 3.8) is 0 Å². The molecule has 0 unspecified atom stereocenters. The lowest BCUT2D eigenvalue weighted by molar-refractivity contribution is -0.283. The molecule has 4 aromatic rings. The second-order valence-electron chi connectivity index (χ2n) is 9.70. The molecule has 5 atom stereocenters. The summed E-state index contributed by atoms with van der Waals surface area (Å²) in [6, 6.07) is 32.0. The lowest BCUT2D eigenvalue weighted by atomic mass is 9.97. The molecule has 44 heavy (non-hydrogen) atoms. The third-order valence-electron chi connectivity index (χ3n) is 6.76. The molecule has 1 fully saturated rings. The highest BCUT2D eigenvalue weighted by molar-refractivity contribution is 5.92. The minimum atomic E-state index is -1.67. The number of rotatable bonds is 9. The van der Waals surface area contributed by atoms with Crippen LogP contribution >= 0.6 is 0 Å². The summed E-state index contributed by atoms with van der Waals surface area (Å²) in [5.41, 5.74) is 0.641. The van der Waals surface area contributed by atoms with Crippen molar-refractivity contribution in [2.45, 2.75) is 30.7 Å². The van der Waals surface area contributed by atoms with Crippen molar-refractivity contribution in [3.8, 4) is 0 Å². The molecule has 1 saturated heterocycles. The maximum atomic E-state index is 13.3. The highest BCUT2D eigenvalue weighted by Crippen LogP contribution is 2.31. The van der Waals surface area contributed by atoms with Gasteiger partial charge in [0, 0.05) is 0 Å². The van der Waals surface area contributed by atoms with E-state index in [1.807, 2.05) is 0 Å². The van der Waals surface area contributed by atoms with Crippen molar-refractivity contribution in [1.82, 2.24) is 0 Å². The number of hydrogen-bond acceptors (Lipinski definition) is 10. The summed E-state index contributed by atoms with van der Waals surface area (Å²) in [6.45, 7) is -0.731. The Hall–Kier alpha value is -5.32. The van der Waals surface area contributed by atoms with E-state index in [1.165, 1.54) is 48.5 Å². The maximum Gasteiger partial charge on any atom is 0.340 e. The predicted molar refractivity (Wildman–Crippen MR) is 155 cm³/mol. The Kier molecular flexibility index (Phi) is 9.75. The van der Waals surface area contributed by atoms with Gasteiger partial charge in [-0.25, -0.2) is 19.2 Å². The standard InChI is InChI=1S/C34H28O10/c35-21-26-27(41-30(36)22-13-5-1-6-14-22)28(42-31(37)23-15-7-2-8-16-23)29(43-32(38)24-17-9-3-10-18-24)34(40-26)44-33(39)25-19-11-4-12-20-25/h1-20,26-29,34-35H,21H2/t26-,27-,28+,29-,34+/m1/s1. The molecule has 1 N–H and O–H groups in total. The Morgan fingerprint density at radius 2 is 0.795 bits per heavy atom. The molecule has 10 nitrogen and oxygen atoms in total. The Morgan fingerprint density at radius 3 is 1.16 bits per heavy atom. The molecule has 1 aliphatic rings. The first-order valence-corrected chi connectivity index (χ1v) is 13.7. The first-order chi connectivity index (χ1) is 21.4. The summed E-state index contributed by atoms with van der Waals surface area (Å²) < 4.78 is 28.9. The molecular weight excluding hydrogens is 568 g/mol. The van der Waals surface area contributed by atoms with Crippen molar-refractivity contribution < 1.29 is 48.0 Å². The zero-order valence-corrected chi connectivity index (χ0v) is 23.3. The molecular formula is C34H28O10. The number of esters is 4. The van der Waals surface area contributed by atoms with Gasteiger partial charge in [0.05, 0.1) is 28.9 Å². The molecule has 4 aromatic carbocycles. The summed E-state index contributed by atoms with van der Waals surface area (Å²) >= 11 is 0. The number of ether oxygens (including phenoxy) is 5. The molecule has 0 bridgehead atoms. The van der Waals surface area contributed by atoms with Crippen molar-refractivity contribution in [2.24, 2.45) is 0 Å². The van der Waals surface area contributed by atoms with Gasteiger partial charge in [-0.15, -0.1) is 0 Å². The van der Waals surface area contributed by atoms with Crippen LogP contribution in [0.3, 0.4) is 0 Å². The van der Waals surface area contributed by atoms with Crippen LogP contribution in [0.15, 0.2) is 121 Å². The van der Waals surface area contributed by atoms with Crippen molar-refractivity contribution in [2.75, 3.05) is 6.61 Å². The van der Waals surface area contributed by atoms with Gasteiger partial charge in [-0.05, 0) is 48.5 Å². The average molecular weight is 597 g/mol. The second-order valence-corrected chi connectivity index (χ2v) is 9.70. The van der Waals surface area contributed by atoms with E-state index >= 15 is 0 Å². The van der Waals surface area contributed by atoms with Gasteiger partial charge in [0.1, 0.15) is 6.10 Å². The van der Waals surface area contributed by atoms with Crippen molar-refractivity contribution in [1.29, 1.82) is 0 Å². The second kappa shape index (κ2) is 14.2. The Bertz CT molecular complexity index is 1560. The van der Waals surface area contributed by atoms with E-state index in [1.54, 1.807) is 72.8 Å². The molecule has 0 radical (unpaired) electrons. The molecule has 5 rings (SSSR count). The van der Waals surface area contributed by atoms with Crippen LogP contribution in [0.5, 0.6) is 0 Å². The monoisotopic (exact) mass is 596 g/mol. The number of carbonyl (C=O) groups is 4. The highest BCUT2D eigenvalue weighted by Gasteiger charge is 2.54. The third kappa shape index (κ3) is 7.17. The fourth-order valence-electron chi connectivity index (χ4n) is 4.57. The van der Waals surface area contributed by atoms with Gasteiger partial charge in [-0.1, -0.05) is 72.8 Å². The fourth-order valence-corrected chi connectivity index (χ4v) is 4.57. The molecule has 1 aliphatic heterocycles. The predicted octanol–water partition coefficient (Wildman–Crippen LogP) is 4.24. The van der Waals surface area contributed by atoms with E-state index < -0.39 is 61.2 Å². The number of benzene rings is 4. The van der Waals surface area contributed by atoms with Crippen molar-refractivity contribution >= 4 is 23.9 Å². The minimum absolute atomic E-state index is 0.149. The van der Waals surface area contributed by atoms with Crippen molar-refractivity contribution in [3.05, 3.63) is 144 Å². The molecule has 0 aromatic heterocycles. The number of aliphatic hydroxyl groups is 1. The highest BCUT2D eigenvalue weighted by atomic mass is 16.7. The van der Waals surface area contributed by atoms with Crippen LogP contribution < -0.4 is 0 Å². The van der Waals surface area contributed by atoms with Crippen LogP contribution in [0, 0.1) is 0 Å². The van der Waals surface area contributed by atoms with E-state index in [9.17, 15) is 24.3 Å². The van der Waals surface area contributed by atoms with Gasteiger partial charge in [0.15, 0.2) is 12.2 Å². The molecule has 0 saturated carbocycles. The average Bonchev–Trinajstić information content (AvgIpc) is 3.08. The normalized spacial score (nSPS) is 21.0. The van der Waals surface area contributed by atoms with E-state index in [0.29, 0.717) is 0 Å². The first-order valence-electron chi connectivity index (χ1n) is 13.7.